The summed E-state index contributed by atoms with van der Waals surface area (Å²) < 4.78 is 0. The molecule has 0 aromatic rings. The molecule has 5 amide bonds. The van der Waals surface area contributed by atoms with Gasteiger partial charge in [-0.1, -0.05) is 20.8 Å². The average molecular weight is 701 g/mol. The van der Waals surface area contributed by atoms with E-state index in [2.05, 4.69) is 0 Å². The summed E-state index contributed by atoms with van der Waals surface area (Å²) in [6, 6.07) is -0.449. The summed E-state index contributed by atoms with van der Waals surface area (Å²) in [5.74, 6) is -2.59. The van der Waals surface area contributed by atoms with Crippen LogP contribution in [0.4, 0.5) is 0 Å². The van der Waals surface area contributed by atoms with E-state index in [4.69, 9.17) is 0 Å². The fourth-order valence-electron chi connectivity index (χ4n) is 5.03. The van der Waals surface area contributed by atoms with Gasteiger partial charge in [0, 0.05) is 37.8 Å². The first-order valence-corrected chi connectivity index (χ1v) is 17.4. The lowest BCUT2D eigenvalue weighted by atomic mass is 10.1. The Kier molecular flexibility index (Phi) is 21.8. The van der Waals surface area contributed by atoms with Gasteiger partial charge in [0.25, 0.3) is 0 Å². The molecule has 6 atom stereocenters. The summed E-state index contributed by atoms with van der Waals surface area (Å²) in [6.45, 7) is 13.3. The maximum Gasteiger partial charge on any atom is 0.242 e. The van der Waals surface area contributed by atoms with E-state index < -0.39 is 61.6 Å². The molecular weight excluding hydrogens is 636 g/mol. The first-order chi connectivity index (χ1) is 22.8. The highest BCUT2D eigenvalue weighted by Gasteiger charge is 2.32. The van der Waals surface area contributed by atoms with Crippen LogP contribution in [0.2, 0.25) is 0 Å². The number of aliphatic hydroxyl groups is 3. The molecule has 0 aromatic carbocycles. The molecule has 0 rings (SSSR count). The van der Waals surface area contributed by atoms with Gasteiger partial charge < -0.3 is 44.6 Å². The van der Waals surface area contributed by atoms with E-state index in [1.165, 1.54) is 30.6 Å². The second-order valence-electron chi connectivity index (χ2n) is 13.3. The molecule has 0 aliphatic rings. The topological polar surface area (TPSA) is 183 Å². The Morgan fingerprint density at radius 2 is 0.837 bits per heavy atom. The van der Waals surface area contributed by atoms with Crippen LogP contribution < -0.4 is 0 Å². The molecule has 0 saturated carbocycles. The highest BCUT2D eigenvalue weighted by molar-refractivity contribution is 5.92. The summed E-state index contributed by atoms with van der Waals surface area (Å²) in [4.78, 5) is 86.7. The Balaban J connectivity index is 6.20. The zero-order chi connectivity index (χ0) is 38.0. The van der Waals surface area contributed by atoms with Crippen molar-refractivity contribution in [2.75, 3.05) is 66.0 Å². The predicted octanol–water partition coefficient (Wildman–Crippen LogP) is -0.202. The SMILES string of the molecule is CCC(C)N(C)CC(=O)N(CC(=O)N(CC(=O)N(CC(=O)N(CC(=O)N(CC=O)CC(C)O)CC(C)O)CC(C)O)C(C)CC)C(C)CC. The fourth-order valence-corrected chi connectivity index (χ4v) is 5.03. The van der Waals surface area contributed by atoms with E-state index in [1.54, 1.807) is 6.92 Å². The fraction of sp³-hybridized carbons (Fsp3) is 0.824. The van der Waals surface area contributed by atoms with Gasteiger partial charge in [0.2, 0.25) is 29.5 Å². The molecule has 49 heavy (non-hydrogen) atoms. The minimum absolute atomic E-state index is 0.135. The Morgan fingerprint density at radius 1 is 0.510 bits per heavy atom. The molecule has 284 valence electrons. The van der Waals surface area contributed by atoms with Crippen LogP contribution in [0.15, 0.2) is 0 Å². The van der Waals surface area contributed by atoms with Crippen molar-refractivity contribution in [2.45, 2.75) is 118 Å². The van der Waals surface area contributed by atoms with Crippen LogP contribution >= 0.6 is 0 Å². The molecule has 0 fully saturated rings. The monoisotopic (exact) mass is 700 g/mol. The normalized spacial score (nSPS) is 15.0. The van der Waals surface area contributed by atoms with E-state index in [0.29, 0.717) is 19.1 Å². The number of aliphatic hydroxyl groups excluding tert-OH is 3. The first-order valence-electron chi connectivity index (χ1n) is 17.4. The maximum absolute atomic E-state index is 13.8. The van der Waals surface area contributed by atoms with E-state index in [0.717, 1.165) is 21.1 Å². The predicted molar refractivity (Wildman–Crippen MR) is 186 cm³/mol. The molecule has 0 aliphatic heterocycles. The van der Waals surface area contributed by atoms with Crippen LogP contribution in [0.5, 0.6) is 0 Å². The zero-order valence-electron chi connectivity index (χ0n) is 31.5. The summed E-state index contributed by atoms with van der Waals surface area (Å²) in [5, 5.41) is 30.0. The van der Waals surface area contributed by atoms with Gasteiger partial charge in [-0.2, -0.15) is 0 Å². The smallest absolute Gasteiger partial charge is 0.242 e. The molecule has 0 aliphatic carbocycles. The van der Waals surface area contributed by atoms with Gasteiger partial charge in [0.05, 0.1) is 44.5 Å². The quantitative estimate of drug-likeness (QED) is 0.114. The molecule has 0 bridgehead atoms. The number of hydrogen-bond acceptors (Lipinski definition) is 10. The first kappa shape index (κ1) is 45.9. The third-order valence-corrected chi connectivity index (χ3v) is 8.68. The Bertz CT molecular complexity index is 1060. The molecule has 0 radical (unpaired) electrons. The van der Waals surface area contributed by atoms with Crippen molar-refractivity contribution >= 4 is 35.8 Å². The molecule has 3 N–H and O–H groups in total. The second-order valence-corrected chi connectivity index (χ2v) is 13.3. The minimum atomic E-state index is -1.04. The van der Waals surface area contributed by atoms with Crippen molar-refractivity contribution in [3.05, 3.63) is 0 Å². The van der Waals surface area contributed by atoms with E-state index in [1.807, 2.05) is 46.6 Å². The van der Waals surface area contributed by atoms with Gasteiger partial charge >= 0.3 is 0 Å². The van der Waals surface area contributed by atoms with Crippen molar-refractivity contribution < 1.29 is 44.1 Å². The van der Waals surface area contributed by atoms with Gasteiger partial charge in [-0.25, -0.2) is 0 Å². The number of amides is 5. The van der Waals surface area contributed by atoms with Crippen molar-refractivity contribution in [2.24, 2.45) is 0 Å². The van der Waals surface area contributed by atoms with Crippen LogP contribution in [0, 0.1) is 0 Å². The van der Waals surface area contributed by atoms with E-state index in [-0.39, 0.29) is 63.3 Å². The van der Waals surface area contributed by atoms with Gasteiger partial charge in [-0.05, 0) is 67.9 Å². The minimum Gasteiger partial charge on any atom is -0.392 e. The third kappa shape index (κ3) is 16.9. The van der Waals surface area contributed by atoms with E-state index >= 15 is 0 Å². The molecule has 6 unspecified atom stereocenters. The summed E-state index contributed by atoms with van der Waals surface area (Å²) in [6.07, 6.45) is -0.512. The lowest BCUT2D eigenvalue weighted by Crippen LogP contribution is -2.55. The van der Waals surface area contributed by atoms with Crippen molar-refractivity contribution in [3.8, 4) is 0 Å². The van der Waals surface area contributed by atoms with Crippen LogP contribution in [0.3, 0.4) is 0 Å². The van der Waals surface area contributed by atoms with Crippen molar-refractivity contribution in [1.29, 1.82) is 0 Å². The lowest BCUT2D eigenvalue weighted by molar-refractivity contribution is -0.150. The van der Waals surface area contributed by atoms with Crippen LogP contribution in [-0.2, 0) is 28.8 Å². The van der Waals surface area contributed by atoms with Crippen LogP contribution in [-0.4, -0.2) is 183 Å². The van der Waals surface area contributed by atoms with Gasteiger partial charge in [-0.15, -0.1) is 0 Å². The lowest BCUT2D eigenvalue weighted by Gasteiger charge is -2.36. The number of rotatable bonds is 24. The largest absolute Gasteiger partial charge is 0.392 e. The second kappa shape index (κ2) is 23.3. The molecule has 0 heterocycles. The van der Waals surface area contributed by atoms with Gasteiger partial charge in [0.1, 0.15) is 19.4 Å². The van der Waals surface area contributed by atoms with Crippen molar-refractivity contribution in [3.63, 3.8) is 0 Å². The number of nitrogens with zero attached hydrogens (tertiary/aromatic N) is 6. The number of carbonyl (C=O) groups is 6. The number of aldehydes is 1. The number of hydrogen-bond donors (Lipinski definition) is 3. The summed E-state index contributed by atoms with van der Waals surface area (Å²) >= 11 is 0. The highest BCUT2D eigenvalue weighted by Crippen LogP contribution is 2.12. The Morgan fingerprint density at radius 3 is 1.20 bits per heavy atom. The summed E-state index contributed by atoms with van der Waals surface area (Å²) in [7, 11) is 1.86. The van der Waals surface area contributed by atoms with Crippen molar-refractivity contribution in [1.82, 2.24) is 29.4 Å². The molecule has 15 heteroatoms. The van der Waals surface area contributed by atoms with Gasteiger partial charge in [0.15, 0.2) is 0 Å². The Hall–Kier alpha value is -3.14. The third-order valence-electron chi connectivity index (χ3n) is 8.68. The molecule has 0 spiro atoms. The van der Waals surface area contributed by atoms with Crippen LogP contribution in [0.25, 0.3) is 0 Å². The Labute approximate surface area is 293 Å². The maximum atomic E-state index is 13.8. The highest BCUT2D eigenvalue weighted by atomic mass is 16.3. The standard InChI is InChI=1S/C34H64N6O9/c1-11-24(4)35(10)19-33(48)40(26(6)13-3)23-34(49)39(25(5)12-2)22-32(47)38(18-29(9)44)21-31(46)37(17-28(8)43)20-30(45)36(14-15-41)16-27(7)42/h15,24-29,42-44H,11-14,16-23H2,1-10H3. The number of carbonyl (C=O) groups excluding carboxylic acids is 6. The average Bonchev–Trinajstić information content (AvgIpc) is 3.02. The molecule has 0 aromatic heterocycles. The summed E-state index contributed by atoms with van der Waals surface area (Å²) in [5.41, 5.74) is 0. The van der Waals surface area contributed by atoms with E-state index in [9.17, 15) is 44.1 Å². The van der Waals surface area contributed by atoms with Gasteiger partial charge in [-0.3, -0.25) is 28.9 Å². The molecular formula is C34H64N6O9. The number of likely N-dealkylation sites (N-methyl/N-ethyl adjacent to an activating group) is 1. The molecule has 15 nitrogen and oxygen atoms in total. The zero-order valence-corrected chi connectivity index (χ0v) is 31.5. The van der Waals surface area contributed by atoms with Crippen LogP contribution in [0.1, 0.15) is 81.6 Å². The molecule has 0 saturated heterocycles.